The van der Waals surface area contributed by atoms with Crippen molar-refractivity contribution < 1.29 is 4.74 Å². The summed E-state index contributed by atoms with van der Waals surface area (Å²) in [7, 11) is 0. The summed E-state index contributed by atoms with van der Waals surface area (Å²) in [6, 6.07) is 4.53. The monoisotopic (exact) mass is 236 g/mol. The van der Waals surface area contributed by atoms with E-state index in [4.69, 9.17) is 4.74 Å². The van der Waals surface area contributed by atoms with Gasteiger partial charge in [-0.05, 0) is 18.4 Å². The first-order chi connectivity index (χ1) is 7.99. The number of ether oxygens (including phenoxy) is 1. The smallest absolute Gasteiger partial charge is 0.213 e. The highest BCUT2D eigenvalue weighted by Gasteiger charge is 2.04. The van der Waals surface area contributed by atoms with Crippen LogP contribution >= 0.6 is 0 Å². The molecule has 3 heteroatoms. The number of nitrogens with one attached hydrogen (secondary N) is 1. The SMILES string of the molecule is Cc1nc(OCC(C)C)ccc1CNC(C)C. The fourth-order valence-electron chi connectivity index (χ4n) is 1.40. The topological polar surface area (TPSA) is 34.1 Å². The maximum absolute atomic E-state index is 5.60. The van der Waals surface area contributed by atoms with Gasteiger partial charge in [0.25, 0.3) is 0 Å². The summed E-state index contributed by atoms with van der Waals surface area (Å²) in [5.41, 5.74) is 2.27. The van der Waals surface area contributed by atoms with Crippen molar-refractivity contribution in [2.75, 3.05) is 6.61 Å². The van der Waals surface area contributed by atoms with Gasteiger partial charge in [-0.2, -0.15) is 0 Å². The zero-order valence-corrected chi connectivity index (χ0v) is 11.6. The molecular weight excluding hydrogens is 212 g/mol. The van der Waals surface area contributed by atoms with Gasteiger partial charge in [-0.3, -0.25) is 0 Å². The van der Waals surface area contributed by atoms with Crippen LogP contribution in [0.3, 0.4) is 0 Å². The lowest BCUT2D eigenvalue weighted by molar-refractivity contribution is 0.261. The predicted molar refractivity (Wildman–Crippen MR) is 71.3 cm³/mol. The Kier molecular flexibility index (Phi) is 5.42. The largest absolute Gasteiger partial charge is 0.477 e. The quantitative estimate of drug-likeness (QED) is 0.824. The molecule has 1 N–H and O–H groups in total. The molecule has 0 saturated carbocycles. The van der Waals surface area contributed by atoms with Crippen LogP contribution in [0, 0.1) is 12.8 Å². The minimum Gasteiger partial charge on any atom is -0.477 e. The average molecular weight is 236 g/mol. The summed E-state index contributed by atoms with van der Waals surface area (Å²) < 4.78 is 5.60. The van der Waals surface area contributed by atoms with Crippen molar-refractivity contribution in [2.45, 2.75) is 47.2 Å². The van der Waals surface area contributed by atoms with Crippen molar-refractivity contribution in [3.63, 3.8) is 0 Å². The highest BCUT2D eigenvalue weighted by Crippen LogP contribution is 2.13. The van der Waals surface area contributed by atoms with E-state index in [0.29, 0.717) is 12.0 Å². The second-order valence-corrected chi connectivity index (χ2v) is 5.13. The van der Waals surface area contributed by atoms with E-state index in [2.05, 4.69) is 44.1 Å². The Bertz CT molecular complexity index is 348. The van der Waals surface area contributed by atoms with Crippen LogP contribution in [0.2, 0.25) is 0 Å². The molecule has 17 heavy (non-hydrogen) atoms. The van der Waals surface area contributed by atoms with Crippen molar-refractivity contribution in [3.8, 4) is 5.88 Å². The minimum atomic E-state index is 0.492. The molecule has 0 aromatic carbocycles. The van der Waals surface area contributed by atoms with Crippen molar-refractivity contribution in [1.29, 1.82) is 0 Å². The molecule has 0 aliphatic heterocycles. The highest BCUT2D eigenvalue weighted by atomic mass is 16.5. The van der Waals surface area contributed by atoms with Gasteiger partial charge in [0.05, 0.1) is 6.61 Å². The Morgan fingerprint density at radius 2 is 1.94 bits per heavy atom. The molecule has 0 atom stereocenters. The number of rotatable bonds is 6. The fraction of sp³-hybridized carbons (Fsp3) is 0.643. The zero-order chi connectivity index (χ0) is 12.8. The van der Waals surface area contributed by atoms with Crippen molar-refractivity contribution in [3.05, 3.63) is 23.4 Å². The molecule has 0 fully saturated rings. The Balaban J connectivity index is 2.59. The molecule has 1 aromatic rings. The van der Waals surface area contributed by atoms with Gasteiger partial charge in [-0.15, -0.1) is 0 Å². The fourth-order valence-corrected chi connectivity index (χ4v) is 1.40. The van der Waals surface area contributed by atoms with E-state index in [1.165, 1.54) is 5.56 Å². The molecule has 0 unspecified atom stereocenters. The van der Waals surface area contributed by atoms with Crippen LogP contribution in [0.25, 0.3) is 0 Å². The van der Waals surface area contributed by atoms with Gasteiger partial charge in [0, 0.05) is 24.3 Å². The summed E-state index contributed by atoms with van der Waals surface area (Å²) in [4.78, 5) is 4.46. The molecule has 0 saturated heterocycles. The normalized spacial score (nSPS) is 11.2. The van der Waals surface area contributed by atoms with Crippen molar-refractivity contribution in [2.24, 2.45) is 5.92 Å². The van der Waals surface area contributed by atoms with Crippen molar-refractivity contribution >= 4 is 0 Å². The number of hydrogen-bond acceptors (Lipinski definition) is 3. The lowest BCUT2D eigenvalue weighted by Gasteiger charge is -2.12. The lowest BCUT2D eigenvalue weighted by Crippen LogP contribution is -2.22. The van der Waals surface area contributed by atoms with Crippen LogP contribution in [0.5, 0.6) is 5.88 Å². The molecule has 0 aliphatic rings. The van der Waals surface area contributed by atoms with E-state index < -0.39 is 0 Å². The van der Waals surface area contributed by atoms with Gasteiger partial charge < -0.3 is 10.1 Å². The molecule has 0 aliphatic carbocycles. The molecule has 0 bridgehead atoms. The molecule has 0 spiro atoms. The van der Waals surface area contributed by atoms with E-state index in [9.17, 15) is 0 Å². The Morgan fingerprint density at radius 1 is 1.24 bits per heavy atom. The van der Waals surface area contributed by atoms with Gasteiger partial charge in [-0.1, -0.05) is 33.8 Å². The summed E-state index contributed by atoms with van der Waals surface area (Å²) >= 11 is 0. The molecule has 1 heterocycles. The average Bonchev–Trinajstić information content (AvgIpc) is 2.24. The van der Waals surface area contributed by atoms with Gasteiger partial charge in [0.2, 0.25) is 5.88 Å². The van der Waals surface area contributed by atoms with E-state index in [-0.39, 0.29) is 0 Å². The molecule has 0 amide bonds. The van der Waals surface area contributed by atoms with Gasteiger partial charge >= 0.3 is 0 Å². The lowest BCUT2D eigenvalue weighted by atomic mass is 10.2. The van der Waals surface area contributed by atoms with Crippen LogP contribution in [-0.2, 0) is 6.54 Å². The highest BCUT2D eigenvalue weighted by molar-refractivity contribution is 5.24. The molecule has 3 nitrogen and oxygen atoms in total. The van der Waals surface area contributed by atoms with E-state index in [1.54, 1.807) is 0 Å². The first-order valence-corrected chi connectivity index (χ1v) is 6.31. The van der Waals surface area contributed by atoms with Crippen LogP contribution in [0.15, 0.2) is 12.1 Å². The number of hydrogen-bond donors (Lipinski definition) is 1. The third-order valence-electron chi connectivity index (χ3n) is 2.44. The summed E-state index contributed by atoms with van der Waals surface area (Å²) in [6.07, 6.45) is 0. The summed E-state index contributed by atoms with van der Waals surface area (Å²) in [5.74, 6) is 1.25. The molecule has 96 valence electrons. The van der Waals surface area contributed by atoms with Crippen molar-refractivity contribution in [1.82, 2.24) is 10.3 Å². The van der Waals surface area contributed by atoms with E-state index >= 15 is 0 Å². The first kappa shape index (κ1) is 14.0. The molecular formula is C14H24N2O. The maximum Gasteiger partial charge on any atom is 0.213 e. The molecule has 1 aromatic heterocycles. The van der Waals surface area contributed by atoms with Crippen LogP contribution < -0.4 is 10.1 Å². The molecule has 0 radical (unpaired) electrons. The minimum absolute atomic E-state index is 0.492. The van der Waals surface area contributed by atoms with E-state index in [0.717, 1.165) is 24.7 Å². The standard InChI is InChI=1S/C14H24N2O/c1-10(2)9-17-14-7-6-13(12(5)16-14)8-15-11(3)4/h6-7,10-11,15H,8-9H2,1-5H3. The summed E-state index contributed by atoms with van der Waals surface area (Å²) in [6.45, 7) is 12.2. The second-order valence-electron chi connectivity index (χ2n) is 5.13. The Morgan fingerprint density at radius 3 is 2.47 bits per heavy atom. The number of nitrogens with zero attached hydrogens (tertiary/aromatic N) is 1. The van der Waals surface area contributed by atoms with E-state index in [1.807, 2.05) is 13.0 Å². The Labute approximate surface area is 105 Å². The number of aryl methyl sites for hydroxylation is 1. The third-order valence-corrected chi connectivity index (χ3v) is 2.44. The van der Waals surface area contributed by atoms with Crippen LogP contribution in [0.1, 0.15) is 39.0 Å². The van der Waals surface area contributed by atoms with Crippen LogP contribution in [-0.4, -0.2) is 17.6 Å². The maximum atomic E-state index is 5.60. The molecule has 1 rings (SSSR count). The van der Waals surface area contributed by atoms with Gasteiger partial charge in [0.1, 0.15) is 0 Å². The van der Waals surface area contributed by atoms with Gasteiger partial charge in [0.15, 0.2) is 0 Å². The second kappa shape index (κ2) is 6.60. The summed E-state index contributed by atoms with van der Waals surface area (Å²) in [5, 5.41) is 3.39. The number of pyridine rings is 1. The first-order valence-electron chi connectivity index (χ1n) is 6.31. The van der Waals surface area contributed by atoms with Gasteiger partial charge in [-0.25, -0.2) is 4.98 Å². The number of aromatic nitrogens is 1. The predicted octanol–water partition coefficient (Wildman–Crippen LogP) is 2.92. The Hall–Kier alpha value is -1.09. The zero-order valence-electron chi connectivity index (χ0n) is 11.6. The van der Waals surface area contributed by atoms with Crippen LogP contribution in [0.4, 0.5) is 0 Å². The third kappa shape index (κ3) is 5.18.